The van der Waals surface area contributed by atoms with Crippen molar-refractivity contribution < 1.29 is 4.79 Å². The first kappa shape index (κ1) is 8.42. The molecule has 1 unspecified atom stereocenters. The van der Waals surface area contributed by atoms with E-state index in [1.165, 1.54) is 0 Å². The van der Waals surface area contributed by atoms with Crippen LogP contribution in [0, 0.1) is 6.92 Å². The van der Waals surface area contributed by atoms with E-state index in [1.807, 2.05) is 25.1 Å². The van der Waals surface area contributed by atoms with Crippen molar-refractivity contribution in [2.45, 2.75) is 32.1 Å². The fourth-order valence-electron chi connectivity index (χ4n) is 1.86. The Morgan fingerprint density at radius 3 is 2.92 bits per heavy atom. The minimum atomic E-state index is 0.382. The molecule has 68 valence electrons. The van der Waals surface area contributed by atoms with E-state index in [0.717, 1.165) is 24.2 Å². The number of carbonyl (C=O) groups is 1. The van der Waals surface area contributed by atoms with Crippen molar-refractivity contribution in [3.63, 3.8) is 0 Å². The Labute approximate surface area is 78.0 Å². The van der Waals surface area contributed by atoms with Crippen LogP contribution >= 0.6 is 0 Å². The van der Waals surface area contributed by atoms with Gasteiger partial charge in [-0.05, 0) is 25.5 Å². The van der Waals surface area contributed by atoms with Gasteiger partial charge in [0.1, 0.15) is 5.78 Å². The SMILES string of the molecule is Cc1cccc(C2CCC(=O)C2)n1. The molecule has 0 bridgehead atoms. The summed E-state index contributed by atoms with van der Waals surface area (Å²) >= 11 is 0. The second-order valence-corrected chi connectivity index (χ2v) is 3.68. The zero-order chi connectivity index (χ0) is 9.26. The third-order valence-electron chi connectivity index (χ3n) is 2.57. The predicted molar refractivity (Wildman–Crippen MR) is 50.6 cm³/mol. The second kappa shape index (κ2) is 3.29. The number of hydrogen-bond acceptors (Lipinski definition) is 2. The van der Waals surface area contributed by atoms with Crippen LogP contribution in [0.5, 0.6) is 0 Å². The number of aromatic nitrogens is 1. The highest BCUT2D eigenvalue weighted by atomic mass is 16.1. The molecule has 1 fully saturated rings. The lowest BCUT2D eigenvalue weighted by molar-refractivity contribution is -0.117. The molecule has 2 rings (SSSR count). The van der Waals surface area contributed by atoms with Crippen molar-refractivity contribution in [1.29, 1.82) is 0 Å². The van der Waals surface area contributed by atoms with Gasteiger partial charge in [0.05, 0.1) is 0 Å². The van der Waals surface area contributed by atoms with Crippen LogP contribution < -0.4 is 0 Å². The average Bonchev–Trinajstić information content (AvgIpc) is 2.52. The highest BCUT2D eigenvalue weighted by molar-refractivity contribution is 5.81. The highest BCUT2D eigenvalue weighted by Crippen LogP contribution is 2.30. The summed E-state index contributed by atoms with van der Waals surface area (Å²) in [7, 11) is 0. The van der Waals surface area contributed by atoms with Crippen LogP contribution in [0.4, 0.5) is 0 Å². The summed E-state index contributed by atoms with van der Waals surface area (Å²) in [5, 5.41) is 0. The Balaban J connectivity index is 2.21. The molecule has 0 saturated heterocycles. The Kier molecular flexibility index (Phi) is 2.13. The molecule has 2 nitrogen and oxygen atoms in total. The van der Waals surface area contributed by atoms with Gasteiger partial charge in [0.2, 0.25) is 0 Å². The predicted octanol–water partition coefficient (Wildman–Crippen LogP) is 2.23. The maximum atomic E-state index is 11.1. The van der Waals surface area contributed by atoms with E-state index in [9.17, 15) is 4.79 Å². The van der Waals surface area contributed by atoms with Gasteiger partial charge in [-0.25, -0.2) is 0 Å². The van der Waals surface area contributed by atoms with Crippen molar-refractivity contribution in [3.8, 4) is 0 Å². The molecule has 13 heavy (non-hydrogen) atoms. The summed E-state index contributed by atoms with van der Waals surface area (Å²) in [4.78, 5) is 15.5. The molecule has 0 spiro atoms. The molecule has 1 heterocycles. The zero-order valence-corrected chi connectivity index (χ0v) is 7.79. The minimum Gasteiger partial charge on any atom is -0.300 e. The van der Waals surface area contributed by atoms with Gasteiger partial charge in [0.25, 0.3) is 0 Å². The van der Waals surface area contributed by atoms with Gasteiger partial charge in [0.15, 0.2) is 0 Å². The number of pyridine rings is 1. The van der Waals surface area contributed by atoms with Gasteiger partial charge in [-0.1, -0.05) is 6.07 Å². The lowest BCUT2D eigenvalue weighted by atomic mass is 10.0. The number of carbonyl (C=O) groups excluding carboxylic acids is 1. The monoisotopic (exact) mass is 175 g/mol. The smallest absolute Gasteiger partial charge is 0.133 e. The van der Waals surface area contributed by atoms with Crippen molar-refractivity contribution in [3.05, 3.63) is 29.6 Å². The summed E-state index contributed by atoms with van der Waals surface area (Å²) in [6.45, 7) is 1.99. The fraction of sp³-hybridized carbons (Fsp3) is 0.455. The standard InChI is InChI=1S/C11H13NO/c1-8-3-2-4-11(12-8)9-5-6-10(13)7-9/h2-4,9H,5-7H2,1H3. The molecule has 0 aliphatic heterocycles. The average molecular weight is 175 g/mol. The van der Waals surface area contributed by atoms with Gasteiger partial charge in [-0.3, -0.25) is 9.78 Å². The van der Waals surface area contributed by atoms with E-state index in [1.54, 1.807) is 0 Å². The van der Waals surface area contributed by atoms with E-state index >= 15 is 0 Å². The summed E-state index contributed by atoms with van der Waals surface area (Å²) in [5.74, 6) is 0.765. The number of aryl methyl sites for hydroxylation is 1. The summed E-state index contributed by atoms with van der Waals surface area (Å²) in [6.07, 6.45) is 2.41. The first-order chi connectivity index (χ1) is 6.25. The second-order valence-electron chi connectivity index (χ2n) is 3.68. The van der Waals surface area contributed by atoms with E-state index in [-0.39, 0.29) is 0 Å². The zero-order valence-electron chi connectivity index (χ0n) is 7.79. The molecular formula is C11H13NO. The number of hydrogen-bond donors (Lipinski definition) is 0. The van der Waals surface area contributed by atoms with Crippen molar-refractivity contribution in [1.82, 2.24) is 4.98 Å². The van der Waals surface area contributed by atoms with Crippen LogP contribution in [-0.4, -0.2) is 10.8 Å². The van der Waals surface area contributed by atoms with Gasteiger partial charge in [-0.15, -0.1) is 0 Å². The van der Waals surface area contributed by atoms with Gasteiger partial charge in [-0.2, -0.15) is 0 Å². The molecule has 0 N–H and O–H groups in total. The van der Waals surface area contributed by atoms with E-state index in [4.69, 9.17) is 0 Å². The molecule has 2 heteroatoms. The molecule has 1 aromatic rings. The topological polar surface area (TPSA) is 30.0 Å². The quantitative estimate of drug-likeness (QED) is 0.655. The molecule has 0 amide bonds. The molecule has 1 aliphatic rings. The van der Waals surface area contributed by atoms with Crippen molar-refractivity contribution >= 4 is 5.78 Å². The van der Waals surface area contributed by atoms with Crippen molar-refractivity contribution in [2.24, 2.45) is 0 Å². The molecule has 1 aliphatic carbocycles. The van der Waals surface area contributed by atoms with Crippen molar-refractivity contribution in [2.75, 3.05) is 0 Å². The van der Waals surface area contributed by atoms with E-state index < -0.39 is 0 Å². The van der Waals surface area contributed by atoms with Crippen LogP contribution in [0.15, 0.2) is 18.2 Å². The van der Waals surface area contributed by atoms with Crippen LogP contribution in [0.3, 0.4) is 0 Å². The van der Waals surface area contributed by atoms with E-state index in [0.29, 0.717) is 18.1 Å². The Morgan fingerprint density at radius 1 is 1.46 bits per heavy atom. The highest BCUT2D eigenvalue weighted by Gasteiger charge is 2.24. The third-order valence-corrected chi connectivity index (χ3v) is 2.57. The lowest BCUT2D eigenvalue weighted by Crippen LogP contribution is -1.98. The lowest BCUT2D eigenvalue weighted by Gasteiger charge is -2.07. The maximum Gasteiger partial charge on any atom is 0.133 e. The molecule has 0 aromatic carbocycles. The molecule has 1 saturated carbocycles. The summed E-state index contributed by atoms with van der Waals surface area (Å²) in [5.41, 5.74) is 2.13. The Hall–Kier alpha value is -1.18. The van der Waals surface area contributed by atoms with Crippen LogP contribution in [-0.2, 0) is 4.79 Å². The number of Topliss-reactive ketones (excluding diaryl/α,β-unsaturated/α-hetero) is 1. The fourth-order valence-corrected chi connectivity index (χ4v) is 1.86. The number of nitrogens with zero attached hydrogens (tertiary/aromatic N) is 1. The first-order valence-corrected chi connectivity index (χ1v) is 4.71. The Morgan fingerprint density at radius 2 is 2.31 bits per heavy atom. The largest absolute Gasteiger partial charge is 0.300 e. The van der Waals surface area contributed by atoms with Gasteiger partial charge >= 0.3 is 0 Å². The molecular weight excluding hydrogens is 162 g/mol. The summed E-state index contributed by atoms with van der Waals surface area (Å²) in [6, 6.07) is 6.02. The number of rotatable bonds is 1. The molecule has 1 atom stereocenters. The van der Waals surface area contributed by atoms with Crippen LogP contribution in [0.2, 0.25) is 0 Å². The molecule has 1 aromatic heterocycles. The summed E-state index contributed by atoms with van der Waals surface area (Å²) < 4.78 is 0. The van der Waals surface area contributed by atoms with E-state index in [2.05, 4.69) is 4.98 Å². The third kappa shape index (κ3) is 1.77. The normalized spacial score (nSPS) is 22.2. The van der Waals surface area contributed by atoms with Crippen LogP contribution in [0.25, 0.3) is 0 Å². The molecule has 0 radical (unpaired) electrons. The van der Waals surface area contributed by atoms with Crippen LogP contribution in [0.1, 0.15) is 36.6 Å². The van der Waals surface area contributed by atoms with Gasteiger partial charge < -0.3 is 0 Å². The maximum absolute atomic E-state index is 11.1. The number of ketones is 1. The minimum absolute atomic E-state index is 0.382. The van der Waals surface area contributed by atoms with Gasteiger partial charge in [0, 0.05) is 30.1 Å². The Bertz CT molecular complexity index is 333. The first-order valence-electron chi connectivity index (χ1n) is 4.71.